The number of hydrogen-bond acceptors (Lipinski definition) is 7. The minimum absolute atomic E-state index is 0.0667. The van der Waals surface area contributed by atoms with Gasteiger partial charge in [-0.1, -0.05) is 24.3 Å². The van der Waals surface area contributed by atoms with Crippen LogP contribution >= 0.6 is 8.25 Å². The minimum atomic E-state index is -2.30. The van der Waals surface area contributed by atoms with Crippen molar-refractivity contribution in [3.63, 3.8) is 0 Å². The van der Waals surface area contributed by atoms with Crippen LogP contribution in [0.3, 0.4) is 0 Å². The Kier molecular flexibility index (Phi) is 7.47. The topological polar surface area (TPSA) is 94.2 Å². The van der Waals surface area contributed by atoms with Crippen molar-refractivity contribution in [2.75, 3.05) is 13.7 Å². The predicted octanol–water partition coefficient (Wildman–Crippen LogP) is 2.13. The molecule has 0 aromatic heterocycles. The van der Waals surface area contributed by atoms with Gasteiger partial charge < -0.3 is 9.64 Å². The van der Waals surface area contributed by atoms with Crippen LogP contribution in [0.1, 0.15) is 6.92 Å². The predicted molar refractivity (Wildman–Crippen MR) is 94.2 cm³/mol. The van der Waals surface area contributed by atoms with Gasteiger partial charge in [-0.2, -0.15) is 0 Å². The summed E-state index contributed by atoms with van der Waals surface area (Å²) in [6.45, 7) is 1.65. The normalized spacial score (nSPS) is 19.8. The van der Waals surface area contributed by atoms with Crippen molar-refractivity contribution >= 4 is 20.6 Å². The zero-order chi connectivity index (χ0) is 18.9. The van der Waals surface area contributed by atoms with Gasteiger partial charge in [0.1, 0.15) is 18.9 Å². The molecule has 1 heterocycles. The molecule has 2 amide bonds. The molecule has 2 rings (SSSR count). The number of ether oxygens (including phenoxy) is 1. The van der Waals surface area contributed by atoms with Crippen LogP contribution in [0, 0.1) is 0 Å². The van der Waals surface area contributed by atoms with Crippen molar-refractivity contribution in [2.45, 2.75) is 19.3 Å². The minimum Gasteiger partial charge on any atom is -0.352 e. The maximum atomic E-state index is 11.8. The highest BCUT2D eigenvalue weighted by atomic mass is 31.1. The molecular weight excluding hydrogens is 359 g/mol. The van der Waals surface area contributed by atoms with E-state index in [4.69, 9.17) is 13.8 Å². The number of para-hydroxylation sites is 1. The molecule has 3 unspecified atom stereocenters. The van der Waals surface area contributed by atoms with Crippen LogP contribution in [0.15, 0.2) is 54.3 Å². The van der Waals surface area contributed by atoms with Crippen molar-refractivity contribution in [2.24, 2.45) is 0 Å². The van der Waals surface area contributed by atoms with Crippen LogP contribution in [0.2, 0.25) is 0 Å². The fraction of sp³-hybridized carbons (Fsp3) is 0.294. The second-order valence-electron chi connectivity index (χ2n) is 5.44. The lowest BCUT2D eigenvalue weighted by molar-refractivity contribution is -0.122. The van der Waals surface area contributed by atoms with E-state index >= 15 is 0 Å². The molecule has 0 radical (unpaired) electrons. The number of carbonyl (C=O) groups is 2. The van der Waals surface area contributed by atoms with Crippen molar-refractivity contribution < 1.29 is 27.9 Å². The molecule has 1 aliphatic heterocycles. The molecule has 8 nitrogen and oxygen atoms in total. The van der Waals surface area contributed by atoms with Crippen molar-refractivity contribution in [1.82, 2.24) is 10.2 Å². The van der Waals surface area contributed by atoms with Gasteiger partial charge in [-0.05, 0) is 25.1 Å². The average Bonchev–Trinajstić information content (AvgIpc) is 3.10. The molecule has 0 spiro atoms. The number of hydrogen-bond donors (Lipinski definition) is 1. The van der Waals surface area contributed by atoms with Gasteiger partial charge in [0.05, 0.1) is 0 Å². The standard InChI is InChI=1S/C17H19N2O6P/c1-13(17(21)18-12-20)10-19(2)16-9-8-15(24-16)11-23-26(22)25-14-6-4-3-5-7-14/h3-10,12,15-16H,11H2,1-2H3/p+1/b13-10-. The van der Waals surface area contributed by atoms with E-state index in [1.165, 1.54) is 0 Å². The van der Waals surface area contributed by atoms with Crippen molar-refractivity contribution in [1.29, 1.82) is 0 Å². The number of imide groups is 1. The maximum Gasteiger partial charge on any atom is 0.750 e. The second kappa shape index (κ2) is 9.82. The number of rotatable bonds is 9. The Morgan fingerprint density at radius 1 is 1.35 bits per heavy atom. The van der Waals surface area contributed by atoms with Crippen LogP contribution < -0.4 is 9.84 Å². The largest absolute Gasteiger partial charge is 0.750 e. The molecule has 0 fully saturated rings. The Morgan fingerprint density at radius 2 is 2.08 bits per heavy atom. The first-order chi connectivity index (χ1) is 12.5. The smallest absolute Gasteiger partial charge is 0.352 e. The molecule has 1 N–H and O–H groups in total. The van der Waals surface area contributed by atoms with Crippen LogP contribution in [-0.2, 0) is 23.4 Å². The lowest BCUT2D eigenvalue weighted by atomic mass is 10.3. The summed E-state index contributed by atoms with van der Waals surface area (Å²) in [5.41, 5.74) is 0.357. The highest BCUT2D eigenvalue weighted by Gasteiger charge is 2.28. The third-order valence-corrected chi connectivity index (χ3v) is 4.14. The molecule has 3 atom stereocenters. The first-order valence-corrected chi connectivity index (χ1v) is 8.91. The van der Waals surface area contributed by atoms with Crippen molar-refractivity contribution in [3.8, 4) is 5.75 Å². The van der Waals surface area contributed by atoms with Gasteiger partial charge in [0.2, 0.25) is 6.41 Å². The van der Waals surface area contributed by atoms with E-state index in [0.717, 1.165) is 0 Å². The Hall–Kier alpha value is -2.54. The summed E-state index contributed by atoms with van der Waals surface area (Å²) >= 11 is 0. The highest BCUT2D eigenvalue weighted by Crippen LogP contribution is 2.28. The molecule has 1 aliphatic rings. The number of likely N-dealkylation sites (N-methyl/N-ethyl adjacent to an activating group) is 1. The van der Waals surface area contributed by atoms with Gasteiger partial charge in [-0.25, -0.2) is 4.52 Å². The lowest BCUT2D eigenvalue weighted by Gasteiger charge is -2.22. The van der Waals surface area contributed by atoms with E-state index in [9.17, 15) is 14.2 Å². The molecule has 0 aliphatic carbocycles. The van der Waals surface area contributed by atoms with Gasteiger partial charge in [0, 0.05) is 23.4 Å². The molecule has 26 heavy (non-hydrogen) atoms. The van der Waals surface area contributed by atoms with Crippen LogP contribution in [-0.4, -0.2) is 43.2 Å². The fourth-order valence-electron chi connectivity index (χ4n) is 2.15. The first-order valence-electron chi connectivity index (χ1n) is 7.81. The molecule has 0 bridgehead atoms. The first kappa shape index (κ1) is 19.8. The van der Waals surface area contributed by atoms with E-state index in [1.807, 2.05) is 6.07 Å². The Bertz CT molecular complexity index is 706. The third kappa shape index (κ3) is 6.07. The van der Waals surface area contributed by atoms with Gasteiger partial charge in [-0.15, -0.1) is 4.52 Å². The van der Waals surface area contributed by atoms with Crippen LogP contribution in [0.5, 0.6) is 5.75 Å². The van der Waals surface area contributed by atoms with Gasteiger partial charge >= 0.3 is 8.25 Å². The molecule has 1 aromatic carbocycles. The Balaban J connectivity index is 1.77. The monoisotopic (exact) mass is 379 g/mol. The molecule has 1 aromatic rings. The molecular formula is C17H20N2O6P+. The van der Waals surface area contributed by atoms with E-state index in [0.29, 0.717) is 17.7 Å². The average molecular weight is 379 g/mol. The zero-order valence-electron chi connectivity index (χ0n) is 14.4. The Morgan fingerprint density at radius 3 is 2.77 bits per heavy atom. The maximum absolute atomic E-state index is 11.8. The zero-order valence-corrected chi connectivity index (χ0v) is 15.3. The summed E-state index contributed by atoms with van der Waals surface area (Å²) in [4.78, 5) is 23.5. The SMILES string of the molecule is C/C(=C/N(C)C1C=CC(CO[P+](=O)Oc2ccccc2)O1)C(=O)NC=O. The number of nitrogens with zero attached hydrogens (tertiary/aromatic N) is 1. The fourth-order valence-corrected chi connectivity index (χ4v) is 2.76. The summed E-state index contributed by atoms with van der Waals surface area (Å²) in [5.74, 6) is -0.0212. The van der Waals surface area contributed by atoms with E-state index in [1.54, 1.807) is 61.5 Å². The van der Waals surface area contributed by atoms with Gasteiger partial charge in [0.25, 0.3) is 5.91 Å². The summed E-state index contributed by atoms with van der Waals surface area (Å²) in [6, 6.07) is 8.73. The van der Waals surface area contributed by atoms with Crippen molar-refractivity contribution in [3.05, 3.63) is 54.3 Å². The van der Waals surface area contributed by atoms with E-state index in [-0.39, 0.29) is 6.61 Å². The van der Waals surface area contributed by atoms with Gasteiger partial charge in [-0.3, -0.25) is 14.9 Å². The molecule has 0 saturated carbocycles. The third-order valence-electron chi connectivity index (χ3n) is 3.42. The lowest BCUT2D eigenvalue weighted by Crippen LogP contribution is -2.30. The number of carbonyl (C=O) groups excluding carboxylic acids is 2. The molecule has 138 valence electrons. The van der Waals surface area contributed by atoms with Crippen LogP contribution in [0.25, 0.3) is 0 Å². The summed E-state index contributed by atoms with van der Waals surface area (Å²) < 4.78 is 27.9. The van der Waals surface area contributed by atoms with E-state index in [2.05, 4.69) is 5.32 Å². The summed E-state index contributed by atoms with van der Waals surface area (Å²) in [7, 11) is -0.574. The number of nitrogens with one attached hydrogen (secondary N) is 1. The summed E-state index contributed by atoms with van der Waals surface area (Å²) in [6.07, 6.45) is 4.67. The summed E-state index contributed by atoms with van der Waals surface area (Å²) in [5, 5.41) is 2.06. The van der Waals surface area contributed by atoms with Gasteiger partial charge in [0.15, 0.2) is 5.75 Å². The van der Waals surface area contributed by atoms with Crippen LogP contribution in [0.4, 0.5) is 0 Å². The number of amides is 2. The second-order valence-corrected chi connectivity index (χ2v) is 6.33. The quantitative estimate of drug-likeness (QED) is 0.304. The number of benzene rings is 1. The molecule has 9 heteroatoms. The van der Waals surface area contributed by atoms with E-state index < -0.39 is 26.5 Å². The highest BCUT2D eigenvalue weighted by molar-refractivity contribution is 7.33. The molecule has 0 saturated heterocycles. The Labute approximate surface area is 152 Å².